The Kier molecular flexibility index (Phi) is 4.13. The quantitative estimate of drug-likeness (QED) is 0.518. The molecular formula is C8H20N2O2. The molecule has 0 aromatic carbocycles. The molecule has 1 atom stereocenters. The highest BCUT2D eigenvalue weighted by Gasteiger charge is 2.41. The van der Waals surface area contributed by atoms with Crippen molar-refractivity contribution in [3.63, 3.8) is 0 Å². The first-order valence-electron chi connectivity index (χ1n) is 4.05. The number of rotatable bonds is 5. The highest BCUT2D eigenvalue weighted by Crippen LogP contribution is 2.29. The lowest BCUT2D eigenvalue weighted by molar-refractivity contribution is -0.100. The minimum atomic E-state index is -1.03. The van der Waals surface area contributed by atoms with Gasteiger partial charge in [0.15, 0.2) is 0 Å². The average Bonchev–Trinajstić information content (AvgIpc) is 2.04. The van der Waals surface area contributed by atoms with Gasteiger partial charge < -0.3 is 21.3 Å². The molecule has 4 nitrogen and oxygen atoms in total. The van der Waals surface area contributed by atoms with Crippen molar-refractivity contribution in [3.8, 4) is 0 Å². The van der Waals surface area contributed by atoms with E-state index in [0.717, 1.165) is 0 Å². The van der Waals surface area contributed by atoms with Crippen LogP contribution in [0.3, 0.4) is 0 Å². The van der Waals surface area contributed by atoms with Gasteiger partial charge in [-0.05, 0) is 0 Å². The fraction of sp³-hybridized carbons (Fsp3) is 1.00. The molecular weight excluding hydrogens is 156 g/mol. The van der Waals surface area contributed by atoms with Crippen LogP contribution in [0.15, 0.2) is 0 Å². The summed E-state index contributed by atoms with van der Waals surface area (Å²) in [6.07, 6.45) is 0. The molecule has 4 heteroatoms. The third-order valence-electron chi connectivity index (χ3n) is 2.49. The van der Waals surface area contributed by atoms with Gasteiger partial charge in [0.2, 0.25) is 0 Å². The summed E-state index contributed by atoms with van der Waals surface area (Å²) in [6, 6.07) is 0. The maximum atomic E-state index is 10.0. The molecule has 0 amide bonds. The van der Waals surface area contributed by atoms with Gasteiger partial charge in [-0.3, -0.25) is 0 Å². The van der Waals surface area contributed by atoms with Gasteiger partial charge in [-0.2, -0.15) is 0 Å². The van der Waals surface area contributed by atoms with Gasteiger partial charge in [-0.1, -0.05) is 13.8 Å². The summed E-state index contributed by atoms with van der Waals surface area (Å²) < 4.78 is 4.90. The molecule has 0 fully saturated rings. The lowest BCUT2D eigenvalue weighted by atomic mass is 9.75. The van der Waals surface area contributed by atoms with E-state index in [4.69, 9.17) is 16.2 Å². The van der Waals surface area contributed by atoms with Gasteiger partial charge in [-0.25, -0.2) is 0 Å². The summed E-state index contributed by atoms with van der Waals surface area (Å²) in [5.74, 6) is 0. The van der Waals surface area contributed by atoms with E-state index < -0.39 is 11.0 Å². The molecule has 12 heavy (non-hydrogen) atoms. The van der Waals surface area contributed by atoms with Crippen molar-refractivity contribution in [1.82, 2.24) is 0 Å². The zero-order chi connectivity index (χ0) is 9.83. The van der Waals surface area contributed by atoms with Gasteiger partial charge >= 0.3 is 0 Å². The maximum Gasteiger partial charge on any atom is 0.106 e. The monoisotopic (exact) mass is 176 g/mol. The lowest BCUT2D eigenvalue weighted by Crippen LogP contribution is -2.56. The SMILES string of the molecule is COCC(O)(CN)C(C)(C)CN. The Hall–Kier alpha value is -0.160. The molecule has 0 rings (SSSR count). The van der Waals surface area contributed by atoms with Crippen molar-refractivity contribution >= 4 is 0 Å². The number of methoxy groups -OCH3 is 1. The Morgan fingerprint density at radius 3 is 2.00 bits per heavy atom. The molecule has 0 aliphatic carbocycles. The number of ether oxygens (including phenoxy) is 1. The molecule has 0 aromatic heterocycles. The first-order valence-corrected chi connectivity index (χ1v) is 4.05. The molecule has 0 saturated heterocycles. The van der Waals surface area contributed by atoms with E-state index in [9.17, 15) is 5.11 Å². The Bertz CT molecular complexity index is 139. The third kappa shape index (κ3) is 2.17. The Morgan fingerprint density at radius 1 is 1.25 bits per heavy atom. The van der Waals surface area contributed by atoms with Crippen LogP contribution in [0.25, 0.3) is 0 Å². The number of hydrogen-bond donors (Lipinski definition) is 3. The summed E-state index contributed by atoms with van der Waals surface area (Å²) in [7, 11) is 1.53. The molecule has 0 bridgehead atoms. The van der Waals surface area contributed by atoms with E-state index in [0.29, 0.717) is 6.54 Å². The second-order valence-electron chi connectivity index (χ2n) is 3.76. The third-order valence-corrected chi connectivity index (χ3v) is 2.49. The van der Waals surface area contributed by atoms with Crippen molar-refractivity contribution in [2.45, 2.75) is 19.4 Å². The largest absolute Gasteiger partial charge is 0.386 e. The van der Waals surface area contributed by atoms with Gasteiger partial charge in [0.1, 0.15) is 5.60 Å². The smallest absolute Gasteiger partial charge is 0.106 e. The zero-order valence-electron chi connectivity index (χ0n) is 8.13. The summed E-state index contributed by atoms with van der Waals surface area (Å²) >= 11 is 0. The van der Waals surface area contributed by atoms with Crippen molar-refractivity contribution in [2.75, 3.05) is 26.8 Å². The summed E-state index contributed by atoms with van der Waals surface area (Å²) in [5, 5.41) is 10.0. The van der Waals surface area contributed by atoms with Crippen LogP contribution in [0.4, 0.5) is 0 Å². The zero-order valence-corrected chi connectivity index (χ0v) is 8.13. The van der Waals surface area contributed by atoms with Crippen molar-refractivity contribution < 1.29 is 9.84 Å². The molecule has 1 unspecified atom stereocenters. The van der Waals surface area contributed by atoms with Gasteiger partial charge in [0, 0.05) is 25.6 Å². The predicted molar refractivity (Wildman–Crippen MR) is 48.7 cm³/mol. The van der Waals surface area contributed by atoms with E-state index in [2.05, 4.69) is 0 Å². The molecule has 0 aliphatic heterocycles. The van der Waals surface area contributed by atoms with Crippen LogP contribution in [0.2, 0.25) is 0 Å². The fourth-order valence-electron chi connectivity index (χ4n) is 0.959. The Labute approximate surface area is 73.9 Å². The van der Waals surface area contributed by atoms with Crippen LogP contribution < -0.4 is 11.5 Å². The van der Waals surface area contributed by atoms with Crippen LogP contribution in [-0.2, 0) is 4.74 Å². The van der Waals surface area contributed by atoms with Crippen molar-refractivity contribution in [3.05, 3.63) is 0 Å². The molecule has 0 saturated carbocycles. The molecule has 0 heterocycles. The van der Waals surface area contributed by atoms with E-state index in [1.165, 1.54) is 7.11 Å². The minimum absolute atomic E-state index is 0.158. The first kappa shape index (κ1) is 11.8. The van der Waals surface area contributed by atoms with E-state index in [1.54, 1.807) is 0 Å². The van der Waals surface area contributed by atoms with E-state index in [-0.39, 0.29) is 13.2 Å². The average molecular weight is 176 g/mol. The van der Waals surface area contributed by atoms with Crippen LogP contribution in [0, 0.1) is 5.41 Å². The fourth-order valence-corrected chi connectivity index (χ4v) is 0.959. The lowest BCUT2D eigenvalue weighted by Gasteiger charge is -2.40. The second kappa shape index (κ2) is 4.18. The summed E-state index contributed by atoms with van der Waals surface area (Å²) in [4.78, 5) is 0. The number of hydrogen-bond acceptors (Lipinski definition) is 4. The van der Waals surface area contributed by atoms with Crippen molar-refractivity contribution in [1.29, 1.82) is 0 Å². The molecule has 74 valence electrons. The highest BCUT2D eigenvalue weighted by atomic mass is 16.5. The minimum Gasteiger partial charge on any atom is -0.386 e. The topological polar surface area (TPSA) is 81.5 Å². The molecule has 5 N–H and O–H groups in total. The van der Waals surface area contributed by atoms with Gasteiger partial charge in [0.25, 0.3) is 0 Å². The van der Waals surface area contributed by atoms with Crippen LogP contribution >= 0.6 is 0 Å². The van der Waals surface area contributed by atoms with Crippen molar-refractivity contribution in [2.24, 2.45) is 16.9 Å². The highest BCUT2D eigenvalue weighted by molar-refractivity contribution is 4.94. The second-order valence-corrected chi connectivity index (χ2v) is 3.76. The molecule has 0 aromatic rings. The van der Waals surface area contributed by atoms with Gasteiger partial charge in [-0.15, -0.1) is 0 Å². The Morgan fingerprint density at radius 2 is 1.75 bits per heavy atom. The number of aliphatic hydroxyl groups is 1. The van der Waals surface area contributed by atoms with Gasteiger partial charge in [0.05, 0.1) is 6.61 Å². The predicted octanol–water partition coefficient (Wildman–Crippen LogP) is -0.692. The summed E-state index contributed by atoms with van der Waals surface area (Å²) in [5.41, 5.74) is 9.55. The van der Waals surface area contributed by atoms with E-state index >= 15 is 0 Å². The van der Waals surface area contributed by atoms with Crippen LogP contribution in [0.1, 0.15) is 13.8 Å². The standard InChI is InChI=1S/C8H20N2O2/c1-7(2,4-9)8(11,5-10)6-12-3/h11H,4-6,9-10H2,1-3H3. The maximum absolute atomic E-state index is 10.0. The van der Waals surface area contributed by atoms with Crippen LogP contribution in [0.5, 0.6) is 0 Å². The normalized spacial score (nSPS) is 17.5. The Balaban J connectivity index is 4.49. The molecule has 0 aliphatic rings. The number of nitrogens with two attached hydrogens (primary N) is 2. The first-order chi connectivity index (χ1) is 5.43. The van der Waals surface area contributed by atoms with E-state index in [1.807, 2.05) is 13.8 Å². The van der Waals surface area contributed by atoms with Crippen LogP contribution in [-0.4, -0.2) is 37.5 Å². The molecule has 0 spiro atoms. The summed E-state index contributed by atoms with van der Waals surface area (Å²) in [6.45, 7) is 4.50. The molecule has 0 radical (unpaired) electrons.